The third-order valence-corrected chi connectivity index (χ3v) is 6.74. The second-order valence-corrected chi connectivity index (χ2v) is 8.52. The van der Waals surface area contributed by atoms with Crippen molar-refractivity contribution in [3.8, 4) is 5.69 Å². The summed E-state index contributed by atoms with van der Waals surface area (Å²) in [5, 5.41) is 10.6. The molecule has 0 N–H and O–H groups in total. The second-order valence-electron chi connectivity index (χ2n) is 8.52. The molecule has 0 fully saturated rings. The molecule has 8 rings (SSSR count). The Bertz CT molecular complexity index is 2040. The van der Waals surface area contributed by atoms with Crippen LogP contribution in [-0.4, -0.2) is 14.2 Å². The van der Waals surface area contributed by atoms with Crippen molar-refractivity contribution >= 4 is 60.2 Å². The average Bonchev–Trinajstić information content (AvgIpc) is 3.52. The first-order valence-electron chi connectivity index (χ1n) is 11.1. The number of nitrogens with zero attached hydrogens (tertiary/aromatic N) is 3. The van der Waals surface area contributed by atoms with E-state index in [2.05, 4.69) is 83.4 Å². The summed E-state index contributed by atoms with van der Waals surface area (Å²) in [6.45, 7) is 0. The molecule has 4 heterocycles. The van der Waals surface area contributed by atoms with Crippen molar-refractivity contribution in [3.63, 3.8) is 0 Å². The second kappa shape index (κ2) is 6.02. The van der Waals surface area contributed by atoms with Crippen LogP contribution in [0.3, 0.4) is 0 Å². The monoisotopic (exact) mass is 423 g/mol. The van der Waals surface area contributed by atoms with Crippen LogP contribution in [-0.2, 0) is 0 Å². The van der Waals surface area contributed by atoms with E-state index in [4.69, 9.17) is 9.52 Å². The Labute approximate surface area is 187 Å². The van der Waals surface area contributed by atoms with Crippen LogP contribution in [0.2, 0.25) is 0 Å². The largest absolute Gasteiger partial charge is 0.456 e. The van der Waals surface area contributed by atoms with E-state index in [9.17, 15) is 0 Å². The van der Waals surface area contributed by atoms with Crippen molar-refractivity contribution in [2.24, 2.45) is 0 Å². The first kappa shape index (κ1) is 17.0. The lowest BCUT2D eigenvalue weighted by Gasteiger charge is -2.10. The SMILES string of the molecule is c1ccc2c(c1)nn1cccc(-n3c4ccccc4c4cc5oc6ccccc6c5cc43)c21. The number of hydrogen-bond acceptors (Lipinski definition) is 2. The maximum Gasteiger partial charge on any atom is 0.136 e. The Hall–Kier alpha value is -4.57. The molecule has 0 aliphatic carbocycles. The molecule has 0 atom stereocenters. The highest BCUT2D eigenvalue weighted by molar-refractivity contribution is 6.17. The molecule has 0 saturated heterocycles. The van der Waals surface area contributed by atoms with Crippen LogP contribution < -0.4 is 0 Å². The molecule has 0 aliphatic rings. The number of para-hydroxylation sites is 2. The molecular formula is C29H17N3O. The highest BCUT2D eigenvalue weighted by atomic mass is 16.3. The van der Waals surface area contributed by atoms with Gasteiger partial charge in [0.1, 0.15) is 11.2 Å². The molecule has 4 aromatic carbocycles. The molecule has 4 heteroatoms. The van der Waals surface area contributed by atoms with Crippen molar-refractivity contribution < 1.29 is 4.42 Å². The zero-order valence-corrected chi connectivity index (χ0v) is 17.6. The minimum atomic E-state index is 0.916. The van der Waals surface area contributed by atoms with Gasteiger partial charge in [0.2, 0.25) is 0 Å². The van der Waals surface area contributed by atoms with Gasteiger partial charge in [0.05, 0.1) is 27.8 Å². The summed E-state index contributed by atoms with van der Waals surface area (Å²) < 4.78 is 10.6. The molecule has 154 valence electrons. The minimum absolute atomic E-state index is 0.916. The number of rotatable bonds is 1. The van der Waals surface area contributed by atoms with Crippen LogP contribution in [0, 0.1) is 0 Å². The van der Waals surface area contributed by atoms with Gasteiger partial charge in [-0.25, -0.2) is 4.52 Å². The highest BCUT2D eigenvalue weighted by Gasteiger charge is 2.18. The van der Waals surface area contributed by atoms with Gasteiger partial charge in [-0.3, -0.25) is 0 Å². The molecule has 4 nitrogen and oxygen atoms in total. The number of fused-ring (bicyclic) bond motifs is 9. The Balaban J connectivity index is 1.61. The van der Waals surface area contributed by atoms with Gasteiger partial charge in [0.15, 0.2) is 0 Å². The van der Waals surface area contributed by atoms with Gasteiger partial charge in [-0.2, -0.15) is 5.10 Å². The summed E-state index contributed by atoms with van der Waals surface area (Å²) in [6, 6.07) is 33.9. The van der Waals surface area contributed by atoms with E-state index in [0.29, 0.717) is 0 Å². The van der Waals surface area contributed by atoms with Gasteiger partial charge < -0.3 is 8.98 Å². The lowest BCUT2D eigenvalue weighted by atomic mass is 10.1. The van der Waals surface area contributed by atoms with Crippen molar-refractivity contribution in [2.45, 2.75) is 0 Å². The maximum atomic E-state index is 6.22. The topological polar surface area (TPSA) is 35.4 Å². The van der Waals surface area contributed by atoms with Crippen LogP contribution in [0.25, 0.3) is 65.9 Å². The van der Waals surface area contributed by atoms with Crippen LogP contribution in [0.4, 0.5) is 0 Å². The first-order valence-corrected chi connectivity index (χ1v) is 11.1. The van der Waals surface area contributed by atoms with Gasteiger partial charge in [0, 0.05) is 33.1 Å². The van der Waals surface area contributed by atoms with Crippen LogP contribution in [0.15, 0.2) is 108 Å². The zero-order chi connectivity index (χ0) is 21.5. The van der Waals surface area contributed by atoms with Crippen LogP contribution in [0.1, 0.15) is 0 Å². The normalized spacial score (nSPS) is 12.2. The Morgan fingerprint density at radius 1 is 0.576 bits per heavy atom. The molecular weight excluding hydrogens is 406 g/mol. The van der Waals surface area contributed by atoms with Gasteiger partial charge in [-0.05, 0) is 42.5 Å². The smallest absolute Gasteiger partial charge is 0.136 e. The average molecular weight is 423 g/mol. The third kappa shape index (κ3) is 2.17. The molecule has 0 spiro atoms. The Morgan fingerprint density at radius 3 is 2.30 bits per heavy atom. The predicted molar refractivity (Wildman–Crippen MR) is 134 cm³/mol. The molecule has 0 unspecified atom stereocenters. The van der Waals surface area contributed by atoms with E-state index in [1.54, 1.807) is 0 Å². The van der Waals surface area contributed by atoms with Gasteiger partial charge >= 0.3 is 0 Å². The van der Waals surface area contributed by atoms with Crippen LogP contribution in [0.5, 0.6) is 0 Å². The number of furan rings is 1. The molecule has 0 saturated carbocycles. The van der Waals surface area contributed by atoms with Gasteiger partial charge in [-0.15, -0.1) is 0 Å². The number of benzene rings is 4. The minimum Gasteiger partial charge on any atom is -0.456 e. The van der Waals surface area contributed by atoms with Crippen molar-refractivity contribution in [3.05, 3.63) is 103 Å². The van der Waals surface area contributed by atoms with Crippen LogP contribution >= 0.6 is 0 Å². The maximum absolute atomic E-state index is 6.22. The van der Waals surface area contributed by atoms with E-state index < -0.39 is 0 Å². The van der Waals surface area contributed by atoms with Crippen molar-refractivity contribution in [2.75, 3.05) is 0 Å². The fourth-order valence-corrected chi connectivity index (χ4v) is 5.34. The number of hydrogen-bond donors (Lipinski definition) is 0. The summed E-state index contributed by atoms with van der Waals surface area (Å²) in [7, 11) is 0. The molecule has 0 amide bonds. The summed E-state index contributed by atoms with van der Waals surface area (Å²) in [4.78, 5) is 0. The lowest BCUT2D eigenvalue weighted by Crippen LogP contribution is -1.98. The van der Waals surface area contributed by atoms with Gasteiger partial charge in [0.25, 0.3) is 0 Å². The molecule has 33 heavy (non-hydrogen) atoms. The number of pyridine rings is 1. The van der Waals surface area contributed by atoms with E-state index in [-0.39, 0.29) is 0 Å². The quantitative estimate of drug-likeness (QED) is 0.274. The fourth-order valence-electron chi connectivity index (χ4n) is 5.34. The van der Waals surface area contributed by atoms with Gasteiger partial charge in [-0.1, -0.05) is 54.6 Å². The lowest BCUT2D eigenvalue weighted by molar-refractivity contribution is 0.669. The first-order chi connectivity index (χ1) is 16.4. The molecule has 0 bridgehead atoms. The van der Waals surface area contributed by atoms with E-state index in [1.165, 1.54) is 16.3 Å². The summed E-state index contributed by atoms with van der Waals surface area (Å²) in [5.41, 5.74) is 7.38. The zero-order valence-electron chi connectivity index (χ0n) is 17.6. The third-order valence-electron chi connectivity index (χ3n) is 6.74. The molecule has 8 aromatic rings. The summed E-state index contributed by atoms with van der Waals surface area (Å²) in [6.07, 6.45) is 2.02. The van der Waals surface area contributed by atoms with Crippen molar-refractivity contribution in [1.82, 2.24) is 14.2 Å². The number of aromatic nitrogens is 3. The molecule has 4 aromatic heterocycles. The standard InChI is InChI=1S/C29H17N3O/c1-4-11-23-20(10-1)29-25(13-7-15-31(29)30-23)32-24-12-5-2-8-18(24)21-17-28-22(16-26(21)32)19-9-3-6-14-27(19)33-28/h1-17H. The van der Waals surface area contributed by atoms with E-state index in [1.807, 2.05) is 28.9 Å². The molecule has 0 radical (unpaired) electrons. The summed E-state index contributed by atoms with van der Waals surface area (Å²) in [5.74, 6) is 0. The molecule has 0 aliphatic heterocycles. The summed E-state index contributed by atoms with van der Waals surface area (Å²) >= 11 is 0. The Kier molecular flexibility index (Phi) is 3.11. The predicted octanol–water partition coefficient (Wildman–Crippen LogP) is 7.48. The highest BCUT2D eigenvalue weighted by Crippen LogP contribution is 2.39. The van der Waals surface area contributed by atoms with Crippen molar-refractivity contribution in [1.29, 1.82) is 0 Å². The fraction of sp³-hybridized carbons (Fsp3) is 0. The Morgan fingerprint density at radius 2 is 1.36 bits per heavy atom. The van der Waals surface area contributed by atoms with E-state index >= 15 is 0 Å². The van der Waals surface area contributed by atoms with E-state index in [0.717, 1.165) is 49.6 Å².